The van der Waals surface area contributed by atoms with Gasteiger partial charge in [-0.15, -0.1) is 11.8 Å². The quantitative estimate of drug-likeness (QED) is 0.291. The second-order valence-corrected chi connectivity index (χ2v) is 11.7. The fourth-order valence-electron chi connectivity index (χ4n) is 6.20. The van der Waals surface area contributed by atoms with Gasteiger partial charge in [0.05, 0.1) is 11.5 Å². The van der Waals surface area contributed by atoms with Crippen molar-refractivity contribution in [3.05, 3.63) is 129 Å². The molecule has 7 rings (SSSR count). The first-order chi connectivity index (χ1) is 19.5. The summed E-state index contributed by atoms with van der Waals surface area (Å²) in [6, 6.07) is 21.1. The second-order valence-electron chi connectivity index (χ2n) is 10.7. The zero-order chi connectivity index (χ0) is 27.4. The lowest BCUT2D eigenvalue weighted by molar-refractivity contribution is 0.0534. The summed E-state index contributed by atoms with van der Waals surface area (Å²) >= 11 is 1.47. The smallest absolute Gasteiger partial charge is 0.224 e. The molecule has 1 unspecified atom stereocenters. The van der Waals surface area contributed by atoms with E-state index in [0.29, 0.717) is 30.5 Å². The average molecular weight is 557 g/mol. The van der Waals surface area contributed by atoms with Crippen LogP contribution in [0.15, 0.2) is 88.7 Å². The van der Waals surface area contributed by atoms with E-state index in [1.807, 2.05) is 59.6 Å². The highest BCUT2D eigenvalue weighted by Gasteiger charge is 2.52. The average Bonchev–Trinajstić information content (AvgIpc) is 3.12. The van der Waals surface area contributed by atoms with Crippen molar-refractivity contribution in [2.24, 2.45) is 5.41 Å². The molecule has 40 heavy (non-hydrogen) atoms. The van der Waals surface area contributed by atoms with Gasteiger partial charge in [-0.2, -0.15) is 0 Å². The van der Waals surface area contributed by atoms with Crippen LogP contribution in [0.1, 0.15) is 58.0 Å². The van der Waals surface area contributed by atoms with Gasteiger partial charge in [-0.1, -0.05) is 61.0 Å². The standard InChI is InChI=1S/C32H26F2N2O3S/c33-24-12-11-21-23(27(24)34)18-40-26-10-5-4-9-22(26)28(21)36-19-32(14-6-15-32)31(38)29-30(25(37)13-16-35(29)36)39-17-20-7-2-1-3-8-20/h1-5,7-13,16,28H,6,14-15,17-19H2. The first kappa shape index (κ1) is 25.1. The number of hydrogen-bond acceptors (Lipinski definition) is 5. The number of pyridine rings is 1. The lowest BCUT2D eigenvalue weighted by atomic mass is 9.64. The van der Waals surface area contributed by atoms with E-state index in [1.54, 1.807) is 16.9 Å². The van der Waals surface area contributed by atoms with Gasteiger partial charge in [-0.25, -0.2) is 8.78 Å². The molecule has 1 saturated carbocycles. The Morgan fingerprint density at radius 3 is 2.48 bits per heavy atom. The van der Waals surface area contributed by atoms with Gasteiger partial charge in [0.25, 0.3) is 0 Å². The molecule has 3 aliphatic rings. The molecule has 1 atom stereocenters. The number of aromatic nitrogens is 1. The van der Waals surface area contributed by atoms with Crippen molar-refractivity contribution < 1.29 is 18.3 Å². The molecule has 1 aromatic heterocycles. The molecule has 1 aliphatic carbocycles. The monoisotopic (exact) mass is 556 g/mol. The molecule has 5 nitrogen and oxygen atoms in total. The predicted octanol–water partition coefficient (Wildman–Crippen LogP) is 6.41. The third kappa shape index (κ3) is 3.88. The molecule has 3 heterocycles. The highest BCUT2D eigenvalue weighted by Crippen LogP contribution is 2.51. The summed E-state index contributed by atoms with van der Waals surface area (Å²) in [7, 11) is 0. The summed E-state index contributed by atoms with van der Waals surface area (Å²) in [5.74, 6) is -1.52. The van der Waals surface area contributed by atoms with Gasteiger partial charge in [0.15, 0.2) is 28.9 Å². The molecular weight excluding hydrogens is 530 g/mol. The summed E-state index contributed by atoms with van der Waals surface area (Å²) < 4.78 is 37.5. The second kappa shape index (κ2) is 9.63. The number of hydrogen-bond donors (Lipinski definition) is 0. The largest absolute Gasteiger partial charge is 0.483 e. The van der Waals surface area contributed by atoms with Crippen LogP contribution in [0, 0.1) is 17.0 Å². The molecule has 1 spiro atoms. The number of fused-ring (bicyclic) bond motifs is 3. The number of thioether (sulfide) groups is 1. The van der Waals surface area contributed by atoms with Crippen LogP contribution in [0.25, 0.3) is 0 Å². The van der Waals surface area contributed by atoms with E-state index in [9.17, 15) is 14.0 Å². The van der Waals surface area contributed by atoms with Crippen molar-refractivity contribution in [2.45, 2.75) is 42.6 Å². The molecule has 0 bridgehead atoms. The van der Waals surface area contributed by atoms with E-state index in [1.165, 1.54) is 23.9 Å². The fraction of sp³-hybridized carbons (Fsp3) is 0.250. The van der Waals surface area contributed by atoms with E-state index in [2.05, 4.69) is 0 Å². The molecule has 2 aliphatic heterocycles. The first-order valence-electron chi connectivity index (χ1n) is 13.4. The summed E-state index contributed by atoms with van der Waals surface area (Å²) in [6.45, 7) is 0.533. The van der Waals surface area contributed by atoms with Crippen molar-refractivity contribution in [3.63, 3.8) is 0 Å². The predicted molar refractivity (Wildman–Crippen MR) is 149 cm³/mol. The van der Waals surface area contributed by atoms with Crippen LogP contribution in [0.2, 0.25) is 0 Å². The number of carbonyl (C=O) groups excluding carboxylic acids is 1. The number of nitrogens with zero attached hydrogens (tertiary/aromatic N) is 2. The summed E-state index contributed by atoms with van der Waals surface area (Å²) in [6.07, 6.45) is 3.90. The minimum Gasteiger partial charge on any atom is -0.483 e. The molecule has 0 N–H and O–H groups in total. The number of halogens is 2. The Morgan fingerprint density at radius 2 is 1.70 bits per heavy atom. The zero-order valence-corrected chi connectivity index (χ0v) is 22.4. The Bertz CT molecular complexity index is 1700. The van der Waals surface area contributed by atoms with E-state index in [-0.39, 0.29) is 35.0 Å². The van der Waals surface area contributed by atoms with Crippen molar-refractivity contribution in [2.75, 3.05) is 11.6 Å². The third-order valence-corrected chi connectivity index (χ3v) is 9.54. The Balaban J connectivity index is 1.43. The number of Topliss-reactive ketones (excluding diaryl/α,β-unsaturated/α-hetero) is 1. The molecular formula is C32H26F2N2O3S. The lowest BCUT2D eigenvalue weighted by Crippen LogP contribution is -2.58. The van der Waals surface area contributed by atoms with Gasteiger partial charge in [-0.3, -0.25) is 19.3 Å². The van der Waals surface area contributed by atoms with Crippen LogP contribution in [-0.2, 0) is 12.4 Å². The molecule has 0 saturated heterocycles. The minimum absolute atomic E-state index is 0.0223. The maximum atomic E-state index is 15.3. The van der Waals surface area contributed by atoms with Crippen LogP contribution in [-0.4, -0.2) is 17.0 Å². The number of ketones is 1. The molecule has 202 valence electrons. The van der Waals surface area contributed by atoms with Gasteiger partial charge in [0.1, 0.15) is 6.61 Å². The van der Waals surface area contributed by atoms with Gasteiger partial charge < -0.3 is 4.74 Å². The van der Waals surface area contributed by atoms with E-state index in [0.717, 1.165) is 22.4 Å². The van der Waals surface area contributed by atoms with Gasteiger partial charge in [0, 0.05) is 35.0 Å². The number of carbonyl (C=O) groups is 1. The third-order valence-electron chi connectivity index (χ3n) is 8.42. The first-order valence-corrected chi connectivity index (χ1v) is 14.4. The normalized spacial score (nSPS) is 18.8. The summed E-state index contributed by atoms with van der Waals surface area (Å²) in [4.78, 5) is 28.3. The van der Waals surface area contributed by atoms with Crippen LogP contribution in [0.3, 0.4) is 0 Å². The molecule has 1 fully saturated rings. The number of benzene rings is 3. The highest BCUT2D eigenvalue weighted by atomic mass is 32.2. The zero-order valence-electron chi connectivity index (χ0n) is 21.6. The van der Waals surface area contributed by atoms with Crippen molar-refractivity contribution in [3.8, 4) is 5.75 Å². The van der Waals surface area contributed by atoms with Crippen LogP contribution in [0.5, 0.6) is 5.75 Å². The highest BCUT2D eigenvalue weighted by molar-refractivity contribution is 7.98. The Hall–Kier alpha value is -3.91. The molecule has 3 aromatic carbocycles. The summed E-state index contributed by atoms with van der Waals surface area (Å²) in [5.41, 5.74) is 1.96. The number of ether oxygens (including phenoxy) is 1. The Labute approximate surface area is 234 Å². The Kier molecular flexibility index (Phi) is 6.04. The van der Waals surface area contributed by atoms with E-state index in [4.69, 9.17) is 4.74 Å². The van der Waals surface area contributed by atoms with Crippen LogP contribution in [0.4, 0.5) is 8.78 Å². The fourth-order valence-corrected chi connectivity index (χ4v) is 7.31. The number of rotatable bonds is 4. The van der Waals surface area contributed by atoms with Crippen molar-refractivity contribution >= 4 is 17.5 Å². The van der Waals surface area contributed by atoms with Crippen molar-refractivity contribution in [1.82, 2.24) is 4.68 Å². The van der Waals surface area contributed by atoms with E-state index >= 15 is 4.39 Å². The topological polar surface area (TPSA) is 51.5 Å². The molecule has 0 radical (unpaired) electrons. The summed E-state index contributed by atoms with van der Waals surface area (Å²) in [5, 5.41) is 2.05. The maximum Gasteiger partial charge on any atom is 0.224 e. The minimum atomic E-state index is -0.881. The molecule has 8 heteroatoms. The van der Waals surface area contributed by atoms with Crippen LogP contribution >= 0.6 is 11.8 Å². The van der Waals surface area contributed by atoms with Gasteiger partial charge in [-0.05, 0) is 41.7 Å². The Morgan fingerprint density at radius 1 is 0.925 bits per heavy atom. The van der Waals surface area contributed by atoms with Crippen molar-refractivity contribution in [1.29, 1.82) is 0 Å². The molecule has 4 aromatic rings. The lowest BCUT2D eigenvalue weighted by Gasteiger charge is -2.51. The SMILES string of the molecule is O=C1c2c(OCc3ccccc3)c(=O)ccn2N(C2c3ccccc3SCc3c2ccc(F)c3F)CC12CCC2. The molecule has 0 amide bonds. The van der Waals surface area contributed by atoms with E-state index < -0.39 is 23.1 Å². The van der Waals surface area contributed by atoms with Crippen LogP contribution < -0.4 is 15.2 Å². The maximum absolute atomic E-state index is 15.3. The van der Waals surface area contributed by atoms with Gasteiger partial charge in [0.2, 0.25) is 5.43 Å². The van der Waals surface area contributed by atoms with Gasteiger partial charge >= 0.3 is 0 Å².